The molecule has 0 aromatic carbocycles. The molecule has 0 aliphatic carbocycles. The zero-order chi connectivity index (χ0) is 13.3. The van der Waals surface area contributed by atoms with Gasteiger partial charge in [-0.2, -0.15) is 0 Å². The van der Waals surface area contributed by atoms with Gasteiger partial charge in [-0.15, -0.1) is 0 Å². The highest BCUT2D eigenvalue weighted by Crippen LogP contribution is 2.32. The van der Waals surface area contributed by atoms with Gasteiger partial charge in [-0.05, 0) is 19.8 Å². The van der Waals surface area contributed by atoms with E-state index in [1.165, 1.54) is 0 Å². The molecule has 2 unspecified atom stereocenters. The van der Waals surface area contributed by atoms with Crippen molar-refractivity contribution >= 4 is 5.96 Å². The number of nitrogens with two attached hydrogens (primary N) is 1. The van der Waals surface area contributed by atoms with Gasteiger partial charge in [0.25, 0.3) is 0 Å². The Morgan fingerprint density at radius 2 is 2.42 bits per heavy atom. The first kappa shape index (κ1) is 12.3. The monoisotopic (exact) mass is 261 g/mol. The van der Waals surface area contributed by atoms with Crippen LogP contribution in [-0.2, 0) is 10.3 Å². The normalized spacial score (nSPS) is 30.7. The average molecular weight is 261 g/mol. The predicted molar refractivity (Wildman–Crippen MR) is 71.6 cm³/mol. The van der Waals surface area contributed by atoms with Crippen molar-refractivity contribution in [3.63, 3.8) is 0 Å². The molecule has 2 atom stereocenters. The van der Waals surface area contributed by atoms with Gasteiger partial charge in [-0.1, -0.05) is 0 Å². The number of aromatic nitrogens is 2. The van der Waals surface area contributed by atoms with E-state index in [4.69, 9.17) is 10.5 Å². The van der Waals surface area contributed by atoms with Crippen molar-refractivity contribution in [1.29, 1.82) is 0 Å². The largest absolute Gasteiger partial charge is 0.376 e. The number of rotatable bonds is 3. The van der Waals surface area contributed by atoms with Crippen molar-refractivity contribution in [2.75, 3.05) is 19.7 Å². The molecular weight excluding hydrogens is 242 g/mol. The molecule has 2 N–H and O–H groups in total. The van der Waals surface area contributed by atoms with Crippen molar-refractivity contribution in [1.82, 2.24) is 14.9 Å². The molecule has 0 spiro atoms. The minimum Gasteiger partial charge on any atom is -0.376 e. The Balaban J connectivity index is 1.84. The average Bonchev–Trinajstić information content (AvgIpc) is 3.04. The van der Waals surface area contributed by atoms with Crippen LogP contribution in [0.5, 0.6) is 0 Å². The highest BCUT2D eigenvalue weighted by atomic mass is 16.5. The lowest BCUT2D eigenvalue weighted by molar-refractivity contribution is 0.0680. The summed E-state index contributed by atoms with van der Waals surface area (Å²) in [5, 5.41) is 0. The standard InChI is InChI=1S/C13H19N5O/c1-13(11-7-15-4-5-16-11)9-17-12(14)18(13)8-10-3-2-6-19-10/h4-5,7,10H,2-3,6,8-9H2,1H3,(H2,14,17). The van der Waals surface area contributed by atoms with Crippen LogP contribution in [0.25, 0.3) is 0 Å². The van der Waals surface area contributed by atoms with Crippen LogP contribution >= 0.6 is 0 Å². The van der Waals surface area contributed by atoms with Crippen molar-refractivity contribution in [2.45, 2.75) is 31.4 Å². The van der Waals surface area contributed by atoms with Gasteiger partial charge in [-0.3, -0.25) is 15.0 Å². The first-order chi connectivity index (χ1) is 9.20. The molecule has 2 aliphatic rings. The van der Waals surface area contributed by atoms with E-state index in [1.54, 1.807) is 18.6 Å². The Morgan fingerprint density at radius 3 is 3.11 bits per heavy atom. The van der Waals surface area contributed by atoms with Crippen LogP contribution < -0.4 is 5.73 Å². The number of guanidine groups is 1. The van der Waals surface area contributed by atoms with Gasteiger partial charge in [-0.25, -0.2) is 0 Å². The summed E-state index contributed by atoms with van der Waals surface area (Å²) in [6, 6.07) is 0. The first-order valence-electron chi connectivity index (χ1n) is 6.66. The minimum atomic E-state index is -0.315. The highest BCUT2D eigenvalue weighted by Gasteiger charge is 2.42. The first-order valence-corrected chi connectivity index (χ1v) is 6.66. The second kappa shape index (κ2) is 4.77. The van der Waals surface area contributed by atoms with E-state index in [9.17, 15) is 0 Å². The van der Waals surface area contributed by atoms with Crippen LogP contribution in [-0.4, -0.2) is 46.6 Å². The fraction of sp³-hybridized carbons (Fsp3) is 0.615. The number of hydrogen-bond donors (Lipinski definition) is 1. The molecule has 0 amide bonds. The Labute approximate surface area is 112 Å². The van der Waals surface area contributed by atoms with Gasteiger partial charge in [0.05, 0.1) is 24.5 Å². The second-order valence-electron chi connectivity index (χ2n) is 5.28. The molecule has 6 nitrogen and oxygen atoms in total. The fourth-order valence-electron chi connectivity index (χ4n) is 2.74. The van der Waals surface area contributed by atoms with Crippen LogP contribution in [0.1, 0.15) is 25.5 Å². The maximum Gasteiger partial charge on any atom is 0.192 e. The molecule has 19 heavy (non-hydrogen) atoms. The second-order valence-corrected chi connectivity index (χ2v) is 5.28. The maximum atomic E-state index is 6.04. The number of nitrogens with zero attached hydrogens (tertiary/aromatic N) is 4. The maximum absolute atomic E-state index is 6.04. The predicted octanol–water partition coefficient (Wildman–Crippen LogP) is 0.501. The summed E-state index contributed by atoms with van der Waals surface area (Å²) < 4.78 is 5.70. The van der Waals surface area contributed by atoms with E-state index in [0.717, 1.165) is 31.7 Å². The van der Waals surface area contributed by atoms with Gasteiger partial charge >= 0.3 is 0 Å². The van der Waals surface area contributed by atoms with E-state index < -0.39 is 0 Å². The topological polar surface area (TPSA) is 76.6 Å². The lowest BCUT2D eigenvalue weighted by atomic mass is 9.96. The smallest absolute Gasteiger partial charge is 0.192 e. The Morgan fingerprint density at radius 1 is 1.53 bits per heavy atom. The summed E-state index contributed by atoms with van der Waals surface area (Å²) in [4.78, 5) is 15.1. The molecule has 3 heterocycles. The zero-order valence-electron chi connectivity index (χ0n) is 11.1. The number of ether oxygens (including phenoxy) is 1. The summed E-state index contributed by atoms with van der Waals surface area (Å²) in [5.74, 6) is 0.573. The molecule has 0 bridgehead atoms. The van der Waals surface area contributed by atoms with E-state index in [-0.39, 0.29) is 11.6 Å². The molecule has 102 valence electrons. The molecule has 0 saturated carbocycles. The molecule has 1 aromatic heterocycles. The van der Waals surface area contributed by atoms with Gasteiger partial charge in [0.1, 0.15) is 5.54 Å². The fourth-order valence-corrected chi connectivity index (χ4v) is 2.74. The SMILES string of the molecule is CC1(c2cnccn2)CN=C(N)N1CC1CCCO1. The van der Waals surface area contributed by atoms with Gasteiger partial charge in [0, 0.05) is 25.5 Å². The molecule has 1 saturated heterocycles. The summed E-state index contributed by atoms with van der Waals surface area (Å²) in [5.41, 5.74) is 6.63. The van der Waals surface area contributed by atoms with E-state index in [2.05, 4.69) is 26.8 Å². The van der Waals surface area contributed by atoms with Gasteiger partial charge in [0.15, 0.2) is 5.96 Å². The lowest BCUT2D eigenvalue weighted by Crippen LogP contribution is -2.50. The molecule has 1 fully saturated rings. The zero-order valence-corrected chi connectivity index (χ0v) is 11.1. The molecular formula is C13H19N5O. The third-order valence-corrected chi connectivity index (χ3v) is 3.95. The molecule has 2 aliphatic heterocycles. The van der Waals surface area contributed by atoms with Gasteiger partial charge < -0.3 is 15.4 Å². The summed E-state index contributed by atoms with van der Waals surface area (Å²) in [6.45, 7) is 4.33. The van der Waals surface area contributed by atoms with Crippen LogP contribution in [0.3, 0.4) is 0 Å². The lowest BCUT2D eigenvalue weighted by Gasteiger charge is -2.36. The summed E-state index contributed by atoms with van der Waals surface area (Å²) >= 11 is 0. The Bertz CT molecular complexity index is 471. The number of hydrogen-bond acceptors (Lipinski definition) is 6. The number of aliphatic imine (C=N–C) groups is 1. The Kier molecular flexibility index (Phi) is 3.10. The highest BCUT2D eigenvalue weighted by molar-refractivity contribution is 5.81. The van der Waals surface area contributed by atoms with Crippen molar-refractivity contribution in [2.24, 2.45) is 10.7 Å². The van der Waals surface area contributed by atoms with E-state index in [0.29, 0.717) is 12.5 Å². The molecule has 6 heteroatoms. The summed E-state index contributed by atoms with van der Waals surface area (Å²) in [7, 11) is 0. The Hall–Kier alpha value is -1.69. The van der Waals surface area contributed by atoms with Crippen molar-refractivity contribution in [3.05, 3.63) is 24.3 Å². The molecule has 1 aromatic rings. The molecule has 0 radical (unpaired) electrons. The van der Waals surface area contributed by atoms with E-state index >= 15 is 0 Å². The van der Waals surface area contributed by atoms with E-state index in [1.807, 2.05) is 0 Å². The van der Waals surface area contributed by atoms with Crippen molar-refractivity contribution < 1.29 is 4.74 Å². The van der Waals surface area contributed by atoms with Crippen LogP contribution in [0.2, 0.25) is 0 Å². The molecule has 3 rings (SSSR count). The quantitative estimate of drug-likeness (QED) is 0.857. The van der Waals surface area contributed by atoms with Gasteiger partial charge in [0.2, 0.25) is 0 Å². The van der Waals surface area contributed by atoms with Crippen molar-refractivity contribution in [3.8, 4) is 0 Å². The third-order valence-electron chi connectivity index (χ3n) is 3.95. The van der Waals surface area contributed by atoms with Crippen LogP contribution in [0, 0.1) is 0 Å². The summed E-state index contributed by atoms with van der Waals surface area (Å²) in [6.07, 6.45) is 7.62. The van der Waals surface area contributed by atoms with Crippen LogP contribution in [0.15, 0.2) is 23.6 Å². The van der Waals surface area contributed by atoms with Crippen LogP contribution in [0.4, 0.5) is 0 Å². The third kappa shape index (κ3) is 2.16. The minimum absolute atomic E-state index is 0.239.